The second-order valence-electron chi connectivity index (χ2n) is 7.92. The molecule has 1 aliphatic heterocycles. The molecule has 0 spiro atoms. The molecule has 0 bridgehead atoms. The molecule has 8 heteroatoms. The van der Waals surface area contributed by atoms with Gasteiger partial charge in [0, 0.05) is 30.8 Å². The number of hydrogen-bond acceptors (Lipinski definition) is 6. The number of primary amides is 1. The van der Waals surface area contributed by atoms with Crippen molar-refractivity contribution in [2.75, 3.05) is 6.54 Å². The molecule has 2 aliphatic rings. The Labute approximate surface area is 142 Å². The number of β-amino-alcohol motifs (C(OH)–C–C–N with tert-alkyl or cyclic N) is 1. The number of amides is 2. The van der Waals surface area contributed by atoms with Gasteiger partial charge in [0.05, 0.1) is 6.10 Å². The van der Waals surface area contributed by atoms with E-state index in [1.54, 1.807) is 6.20 Å². The maximum Gasteiger partial charge on any atom is 0.248 e. The molecular formula is C16H29N5O3. The first-order valence-corrected chi connectivity index (χ1v) is 8.30. The molecule has 1 aliphatic carbocycles. The van der Waals surface area contributed by atoms with Crippen molar-refractivity contribution in [3.05, 3.63) is 11.9 Å². The quantitative estimate of drug-likeness (QED) is 0.383. The van der Waals surface area contributed by atoms with Crippen LogP contribution in [0.3, 0.4) is 0 Å². The maximum atomic E-state index is 13.1. The average molecular weight is 339 g/mol. The first kappa shape index (κ1) is 18.5. The van der Waals surface area contributed by atoms with E-state index in [1.165, 1.54) is 9.91 Å². The van der Waals surface area contributed by atoms with Crippen molar-refractivity contribution < 1.29 is 14.7 Å². The standard InChI is InChI=1S/C16H29N5O3/c1-16(2,3)13(21(19)8-11(17)9-4-5-9)15(24)20-7-10(22)6-12(20)14(18)23/h8-10,12-13,22H,4-7,17,19H2,1-3H3,(H2,18,23)/b11-8-. The van der Waals surface area contributed by atoms with E-state index >= 15 is 0 Å². The van der Waals surface area contributed by atoms with Crippen LogP contribution >= 0.6 is 0 Å². The summed E-state index contributed by atoms with van der Waals surface area (Å²) in [5, 5.41) is 11.2. The highest BCUT2D eigenvalue weighted by Crippen LogP contribution is 2.35. The minimum absolute atomic E-state index is 0.0781. The molecule has 1 saturated heterocycles. The number of nitrogens with zero attached hydrogens (tertiary/aromatic N) is 2. The van der Waals surface area contributed by atoms with Gasteiger partial charge in [0.25, 0.3) is 0 Å². The Kier molecular flexibility index (Phi) is 5.10. The van der Waals surface area contributed by atoms with E-state index in [4.69, 9.17) is 17.3 Å². The lowest BCUT2D eigenvalue weighted by Crippen LogP contribution is -2.58. The highest BCUT2D eigenvalue weighted by molar-refractivity contribution is 5.90. The predicted molar refractivity (Wildman–Crippen MR) is 89.6 cm³/mol. The summed E-state index contributed by atoms with van der Waals surface area (Å²) >= 11 is 0. The lowest BCUT2D eigenvalue weighted by atomic mass is 9.85. The van der Waals surface area contributed by atoms with E-state index < -0.39 is 29.5 Å². The molecule has 24 heavy (non-hydrogen) atoms. The molecule has 1 saturated carbocycles. The normalized spacial score (nSPS) is 26.4. The van der Waals surface area contributed by atoms with E-state index in [0.717, 1.165) is 12.8 Å². The van der Waals surface area contributed by atoms with Gasteiger partial charge >= 0.3 is 0 Å². The number of aliphatic hydroxyl groups excluding tert-OH is 1. The van der Waals surface area contributed by atoms with Crippen LogP contribution in [0.2, 0.25) is 0 Å². The van der Waals surface area contributed by atoms with Gasteiger partial charge < -0.3 is 26.5 Å². The van der Waals surface area contributed by atoms with Gasteiger partial charge in [0.2, 0.25) is 11.8 Å². The largest absolute Gasteiger partial charge is 0.401 e. The third kappa shape index (κ3) is 3.99. The Morgan fingerprint density at radius 3 is 2.33 bits per heavy atom. The number of carbonyl (C=O) groups excluding carboxylic acids is 2. The van der Waals surface area contributed by atoms with Gasteiger partial charge in [0.1, 0.15) is 12.1 Å². The summed E-state index contributed by atoms with van der Waals surface area (Å²) in [5.74, 6) is 5.53. The zero-order chi connectivity index (χ0) is 18.2. The monoisotopic (exact) mass is 339 g/mol. The predicted octanol–water partition coefficient (Wildman–Crippen LogP) is -0.766. The Hall–Kier alpha value is -1.80. The number of allylic oxidation sites excluding steroid dienone is 1. The fourth-order valence-corrected chi connectivity index (χ4v) is 3.20. The molecule has 2 fully saturated rings. The van der Waals surface area contributed by atoms with Crippen molar-refractivity contribution in [2.24, 2.45) is 28.6 Å². The topological polar surface area (TPSA) is 139 Å². The molecule has 7 N–H and O–H groups in total. The molecule has 0 aromatic heterocycles. The molecule has 2 amide bonds. The number of hydrogen-bond donors (Lipinski definition) is 4. The molecule has 2 rings (SSSR count). The van der Waals surface area contributed by atoms with Crippen molar-refractivity contribution in [1.29, 1.82) is 0 Å². The molecular weight excluding hydrogens is 310 g/mol. The summed E-state index contributed by atoms with van der Waals surface area (Å²) in [6.45, 7) is 5.75. The summed E-state index contributed by atoms with van der Waals surface area (Å²) < 4.78 is 0. The first-order valence-electron chi connectivity index (χ1n) is 8.30. The van der Waals surface area contributed by atoms with Crippen LogP contribution < -0.4 is 17.3 Å². The third-order valence-electron chi connectivity index (χ3n) is 4.59. The molecule has 136 valence electrons. The summed E-state index contributed by atoms with van der Waals surface area (Å²) in [6, 6.07) is -1.53. The number of nitrogens with two attached hydrogens (primary N) is 3. The lowest BCUT2D eigenvalue weighted by Gasteiger charge is -2.39. The smallest absolute Gasteiger partial charge is 0.248 e. The first-order chi connectivity index (χ1) is 11.0. The van der Waals surface area contributed by atoms with E-state index in [-0.39, 0.29) is 18.9 Å². The number of hydrazine groups is 1. The fraction of sp³-hybridized carbons (Fsp3) is 0.750. The Bertz CT molecular complexity index is 538. The van der Waals surface area contributed by atoms with Gasteiger partial charge in [-0.1, -0.05) is 20.8 Å². The fourth-order valence-electron chi connectivity index (χ4n) is 3.20. The van der Waals surface area contributed by atoms with E-state index in [1.807, 2.05) is 20.8 Å². The van der Waals surface area contributed by atoms with Crippen molar-refractivity contribution in [3.8, 4) is 0 Å². The maximum absolute atomic E-state index is 13.1. The van der Waals surface area contributed by atoms with Gasteiger partial charge in [0.15, 0.2) is 0 Å². The van der Waals surface area contributed by atoms with Gasteiger partial charge in [-0.2, -0.15) is 0 Å². The SMILES string of the molecule is CC(C)(C)C(C(=O)N1CC(O)CC1C(N)=O)N(N)/C=C(\N)C1CC1. The highest BCUT2D eigenvalue weighted by Gasteiger charge is 2.45. The van der Waals surface area contributed by atoms with Crippen LogP contribution in [-0.4, -0.2) is 51.6 Å². The third-order valence-corrected chi connectivity index (χ3v) is 4.59. The molecule has 3 atom stereocenters. The zero-order valence-electron chi connectivity index (χ0n) is 14.6. The molecule has 0 radical (unpaired) electrons. The molecule has 1 heterocycles. The van der Waals surface area contributed by atoms with Crippen LogP contribution in [-0.2, 0) is 9.59 Å². The molecule has 0 aromatic carbocycles. The van der Waals surface area contributed by atoms with Crippen molar-refractivity contribution >= 4 is 11.8 Å². The van der Waals surface area contributed by atoms with E-state index in [9.17, 15) is 14.7 Å². The minimum atomic E-state index is -0.810. The second kappa shape index (κ2) is 6.60. The van der Waals surface area contributed by atoms with Crippen molar-refractivity contribution in [2.45, 2.75) is 58.2 Å². The Morgan fingerprint density at radius 2 is 1.88 bits per heavy atom. The Balaban J connectivity index is 2.25. The summed E-state index contributed by atoms with van der Waals surface area (Å²) in [4.78, 5) is 26.0. The van der Waals surface area contributed by atoms with Gasteiger partial charge in [-0.3, -0.25) is 9.59 Å². The van der Waals surface area contributed by atoms with Crippen LogP contribution in [0.15, 0.2) is 11.9 Å². The number of likely N-dealkylation sites (tertiary alicyclic amines) is 1. The van der Waals surface area contributed by atoms with Gasteiger partial charge in [-0.25, -0.2) is 5.84 Å². The molecule has 3 unspecified atom stereocenters. The summed E-state index contributed by atoms with van der Waals surface area (Å²) in [7, 11) is 0. The van der Waals surface area contributed by atoms with Crippen LogP contribution in [0.1, 0.15) is 40.0 Å². The average Bonchev–Trinajstić information content (AvgIpc) is 3.19. The molecule has 8 nitrogen and oxygen atoms in total. The number of aliphatic hydroxyl groups is 1. The van der Waals surface area contributed by atoms with Crippen LogP contribution in [0.25, 0.3) is 0 Å². The van der Waals surface area contributed by atoms with E-state index in [2.05, 4.69) is 0 Å². The zero-order valence-corrected chi connectivity index (χ0v) is 14.6. The number of carbonyl (C=O) groups is 2. The van der Waals surface area contributed by atoms with Crippen LogP contribution in [0.4, 0.5) is 0 Å². The lowest BCUT2D eigenvalue weighted by molar-refractivity contribution is -0.144. The van der Waals surface area contributed by atoms with Gasteiger partial charge in [-0.05, 0) is 18.3 Å². The summed E-state index contributed by atoms with van der Waals surface area (Å²) in [6.07, 6.45) is 3.07. The van der Waals surface area contributed by atoms with E-state index in [0.29, 0.717) is 11.6 Å². The van der Waals surface area contributed by atoms with Crippen LogP contribution in [0, 0.1) is 11.3 Å². The molecule has 0 aromatic rings. The highest BCUT2D eigenvalue weighted by atomic mass is 16.3. The summed E-state index contributed by atoms with van der Waals surface area (Å²) in [5.41, 5.74) is 11.6. The Morgan fingerprint density at radius 1 is 1.29 bits per heavy atom. The number of rotatable bonds is 5. The van der Waals surface area contributed by atoms with Crippen LogP contribution in [0.5, 0.6) is 0 Å². The van der Waals surface area contributed by atoms with Gasteiger partial charge in [-0.15, -0.1) is 0 Å². The second-order valence-corrected chi connectivity index (χ2v) is 7.92. The van der Waals surface area contributed by atoms with Crippen molar-refractivity contribution in [1.82, 2.24) is 9.91 Å². The van der Waals surface area contributed by atoms with Crippen molar-refractivity contribution in [3.63, 3.8) is 0 Å². The minimum Gasteiger partial charge on any atom is -0.401 e.